The van der Waals surface area contributed by atoms with Crippen molar-refractivity contribution in [2.24, 2.45) is 5.73 Å². The van der Waals surface area contributed by atoms with Gasteiger partial charge in [0.2, 0.25) is 0 Å². The number of amides is 1. The van der Waals surface area contributed by atoms with Crippen LogP contribution >= 0.6 is 0 Å². The lowest BCUT2D eigenvalue weighted by atomic mass is 10.1. The second kappa shape index (κ2) is 7.04. The summed E-state index contributed by atoms with van der Waals surface area (Å²) in [4.78, 5) is 14.1. The molecule has 3 heteroatoms. The van der Waals surface area contributed by atoms with Gasteiger partial charge >= 0.3 is 0 Å². The van der Waals surface area contributed by atoms with E-state index in [1.54, 1.807) is 11.9 Å². The number of carbonyl (C=O) groups is 1. The summed E-state index contributed by atoms with van der Waals surface area (Å²) in [6.45, 7) is 2.74. The molecule has 0 saturated carbocycles. The van der Waals surface area contributed by atoms with Gasteiger partial charge in [0.25, 0.3) is 5.91 Å². The first kappa shape index (κ1) is 15.3. The van der Waals surface area contributed by atoms with Crippen LogP contribution in [0, 0.1) is 0 Å². The number of nitrogens with two attached hydrogens (primary N) is 1. The van der Waals surface area contributed by atoms with Gasteiger partial charge in [-0.1, -0.05) is 31.2 Å². The second-order valence-corrected chi connectivity index (χ2v) is 5.12. The Bertz CT molecular complexity index is 588. The van der Waals surface area contributed by atoms with Crippen molar-refractivity contribution in [2.75, 3.05) is 18.5 Å². The van der Waals surface area contributed by atoms with Gasteiger partial charge in [-0.3, -0.25) is 4.79 Å². The Morgan fingerprint density at radius 1 is 1.00 bits per heavy atom. The highest BCUT2D eigenvalue weighted by atomic mass is 16.2. The van der Waals surface area contributed by atoms with Crippen LogP contribution < -0.4 is 10.6 Å². The molecule has 2 N–H and O–H groups in total. The average molecular weight is 282 g/mol. The maximum Gasteiger partial charge on any atom is 0.258 e. The van der Waals surface area contributed by atoms with Crippen molar-refractivity contribution in [3.63, 3.8) is 0 Å². The minimum atomic E-state index is -0.00135. The number of hydrogen-bond acceptors (Lipinski definition) is 2. The van der Waals surface area contributed by atoms with Crippen LogP contribution in [-0.4, -0.2) is 19.5 Å². The van der Waals surface area contributed by atoms with Crippen LogP contribution in [0.5, 0.6) is 0 Å². The summed E-state index contributed by atoms with van der Waals surface area (Å²) < 4.78 is 0. The summed E-state index contributed by atoms with van der Waals surface area (Å²) in [7, 11) is 1.80. The molecule has 2 aromatic rings. The van der Waals surface area contributed by atoms with E-state index in [-0.39, 0.29) is 5.91 Å². The number of hydrogen-bond donors (Lipinski definition) is 1. The van der Waals surface area contributed by atoms with Gasteiger partial charge in [0.05, 0.1) is 0 Å². The molecule has 2 rings (SSSR count). The molecule has 0 aromatic heterocycles. The summed E-state index contributed by atoms with van der Waals surface area (Å²) in [5.74, 6) is -0.00135. The zero-order valence-corrected chi connectivity index (χ0v) is 12.7. The van der Waals surface area contributed by atoms with E-state index >= 15 is 0 Å². The van der Waals surface area contributed by atoms with Crippen molar-refractivity contribution < 1.29 is 4.79 Å². The smallest absolute Gasteiger partial charge is 0.258 e. The van der Waals surface area contributed by atoms with Gasteiger partial charge in [-0.05, 0) is 54.8 Å². The Labute approximate surface area is 126 Å². The minimum Gasteiger partial charge on any atom is -0.330 e. The van der Waals surface area contributed by atoms with Crippen LogP contribution in [0.15, 0.2) is 48.5 Å². The molecule has 0 heterocycles. The van der Waals surface area contributed by atoms with E-state index < -0.39 is 0 Å². The molecule has 0 aliphatic heterocycles. The van der Waals surface area contributed by atoms with Gasteiger partial charge in [0, 0.05) is 18.3 Å². The quantitative estimate of drug-likeness (QED) is 0.916. The van der Waals surface area contributed by atoms with Crippen LogP contribution in [0.4, 0.5) is 5.69 Å². The molecule has 0 atom stereocenters. The van der Waals surface area contributed by atoms with Crippen molar-refractivity contribution in [1.82, 2.24) is 0 Å². The van der Waals surface area contributed by atoms with Crippen LogP contribution in [0.25, 0.3) is 0 Å². The molecule has 110 valence electrons. The third-order valence-electron chi connectivity index (χ3n) is 3.67. The summed E-state index contributed by atoms with van der Waals surface area (Å²) >= 11 is 0. The fourth-order valence-corrected chi connectivity index (χ4v) is 2.25. The molecule has 1 amide bonds. The van der Waals surface area contributed by atoms with E-state index in [1.165, 1.54) is 5.56 Å². The fourth-order valence-electron chi connectivity index (χ4n) is 2.25. The third kappa shape index (κ3) is 3.70. The van der Waals surface area contributed by atoms with Gasteiger partial charge in [-0.25, -0.2) is 0 Å². The van der Waals surface area contributed by atoms with E-state index in [9.17, 15) is 4.79 Å². The van der Waals surface area contributed by atoms with Gasteiger partial charge in [-0.2, -0.15) is 0 Å². The molecular weight excluding hydrogens is 260 g/mol. The van der Waals surface area contributed by atoms with E-state index in [1.807, 2.05) is 36.4 Å². The highest BCUT2D eigenvalue weighted by molar-refractivity contribution is 6.05. The summed E-state index contributed by atoms with van der Waals surface area (Å²) in [5, 5.41) is 0. The normalized spacial score (nSPS) is 10.4. The molecule has 2 aromatic carbocycles. The number of anilines is 1. The lowest BCUT2D eigenvalue weighted by molar-refractivity contribution is 0.0993. The van der Waals surface area contributed by atoms with Crippen LogP contribution in [0.2, 0.25) is 0 Å². The van der Waals surface area contributed by atoms with Gasteiger partial charge in [-0.15, -0.1) is 0 Å². The fraction of sp³-hybridized carbons (Fsp3) is 0.278. The number of aryl methyl sites for hydroxylation is 1. The summed E-state index contributed by atoms with van der Waals surface area (Å²) in [5.41, 5.74) is 9.55. The Balaban J connectivity index is 2.13. The molecule has 0 unspecified atom stereocenters. The van der Waals surface area contributed by atoms with Crippen molar-refractivity contribution in [2.45, 2.75) is 19.8 Å². The summed E-state index contributed by atoms with van der Waals surface area (Å²) in [6.07, 6.45) is 1.84. The van der Waals surface area contributed by atoms with Gasteiger partial charge < -0.3 is 10.6 Å². The first-order chi connectivity index (χ1) is 10.2. The van der Waals surface area contributed by atoms with Crippen molar-refractivity contribution >= 4 is 11.6 Å². The highest BCUT2D eigenvalue weighted by Gasteiger charge is 2.13. The molecule has 0 aliphatic rings. The first-order valence-electron chi connectivity index (χ1n) is 7.31. The Hall–Kier alpha value is -2.13. The lowest BCUT2D eigenvalue weighted by Gasteiger charge is -2.18. The number of carbonyl (C=O) groups excluding carboxylic acids is 1. The molecule has 21 heavy (non-hydrogen) atoms. The van der Waals surface area contributed by atoms with Crippen molar-refractivity contribution in [1.29, 1.82) is 0 Å². The van der Waals surface area contributed by atoms with E-state index in [0.717, 1.165) is 24.1 Å². The Morgan fingerprint density at radius 2 is 1.57 bits per heavy atom. The van der Waals surface area contributed by atoms with Crippen LogP contribution in [0.1, 0.15) is 28.4 Å². The van der Waals surface area contributed by atoms with Crippen LogP contribution in [-0.2, 0) is 12.8 Å². The predicted molar refractivity (Wildman–Crippen MR) is 87.8 cm³/mol. The number of rotatable bonds is 5. The van der Waals surface area contributed by atoms with Gasteiger partial charge in [0.15, 0.2) is 0 Å². The van der Waals surface area contributed by atoms with E-state index in [4.69, 9.17) is 5.73 Å². The SMILES string of the molecule is CCc1ccc(N(C)C(=O)c2ccc(CCN)cc2)cc1. The molecule has 0 fully saturated rings. The zero-order valence-electron chi connectivity index (χ0n) is 12.7. The Morgan fingerprint density at radius 3 is 2.10 bits per heavy atom. The molecule has 0 saturated heterocycles. The molecule has 0 radical (unpaired) electrons. The van der Waals surface area contributed by atoms with Crippen LogP contribution in [0.3, 0.4) is 0 Å². The molecule has 0 spiro atoms. The van der Waals surface area contributed by atoms with Gasteiger partial charge in [0.1, 0.15) is 0 Å². The monoisotopic (exact) mass is 282 g/mol. The Kier molecular flexibility index (Phi) is 5.12. The molecular formula is C18H22N2O. The zero-order chi connectivity index (χ0) is 15.2. The van der Waals surface area contributed by atoms with E-state index in [0.29, 0.717) is 12.1 Å². The predicted octanol–water partition coefficient (Wildman–Crippen LogP) is 3.03. The standard InChI is InChI=1S/C18H22N2O/c1-3-14-6-10-17(11-7-14)20(2)18(21)16-8-4-15(5-9-16)12-13-19/h4-11H,3,12-13,19H2,1-2H3. The average Bonchev–Trinajstić information content (AvgIpc) is 2.54. The molecule has 0 aliphatic carbocycles. The maximum atomic E-state index is 12.5. The topological polar surface area (TPSA) is 46.3 Å². The first-order valence-corrected chi connectivity index (χ1v) is 7.31. The second-order valence-electron chi connectivity index (χ2n) is 5.12. The van der Waals surface area contributed by atoms with Crippen molar-refractivity contribution in [3.05, 3.63) is 65.2 Å². The maximum absolute atomic E-state index is 12.5. The third-order valence-corrected chi connectivity index (χ3v) is 3.67. The largest absolute Gasteiger partial charge is 0.330 e. The van der Waals surface area contributed by atoms with E-state index in [2.05, 4.69) is 19.1 Å². The summed E-state index contributed by atoms with van der Waals surface area (Å²) in [6, 6.07) is 15.8. The van der Waals surface area contributed by atoms with Crippen molar-refractivity contribution in [3.8, 4) is 0 Å². The molecule has 3 nitrogen and oxygen atoms in total. The molecule has 0 bridgehead atoms. The number of benzene rings is 2. The number of nitrogens with zero attached hydrogens (tertiary/aromatic N) is 1. The minimum absolute atomic E-state index is 0.00135. The lowest BCUT2D eigenvalue weighted by Crippen LogP contribution is -2.26. The highest BCUT2D eigenvalue weighted by Crippen LogP contribution is 2.17.